The number of sulfonamides is 3. The monoisotopic (exact) mass is 1450 g/mol. The van der Waals surface area contributed by atoms with Crippen LogP contribution in [-0.4, -0.2) is 112 Å². The molecule has 3 N–H and O–H groups in total. The molecule has 3 aromatic carbocycles. The minimum absolute atomic E-state index is 0.000393. The van der Waals surface area contributed by atoms with E-state index in [1.807, 2.05) is 11.6 Å². The van der Waals surface area contributed by atoms with Gasteiger partial charge in [0.25, 0.3) is 30.1 Å². The van der Waals surface area contributed by atoms with Crippen molar-refractivity contribution >= 4 is 47.8 Å². The number of nitrogens with one attached hydrogen (secondary N) is 3. The van der Waals surface area contributed by atoms with Gasteiger partial charge in [-0.1, -0.05) is 45.9 Å². The molecule has 0 aliphatic carbocycles. The number of carbonyl (C=O) groups is 3. The van der Waals surface area contributed by atoms with Crippen LogP contribution in [0.1, 0.15) is 132 Å². The number of ether oxygens (including phenoxy) is 3. The molecule has 4 atom stereocenters. The van der Waals surface area contributed by atoms with E-state index >= 15 is 22.0 Å². The van der Waals surface area contributed by atoms with Gasteiger partial charge in [-0.2, -0.15) is 36.9 Å². The number of carbonyl (C=O) groups excluding carboxylic acids is 3. The van der Waals surface area contributed by atoms with Crippen LogP contribution in [0.3, 0.4) is 0 Å². The molecule has 0 radical (unpaired) electrons. The summed E-state index contributed by atoms with van der Waals surface area (Å²) in [5, 5.41) is 15.2. The van der Waals surface area contributed by atoms with Gasteiger partial charge in [-0.15, -0.1) is 5.10 Å². The molecule has 9 aromatic rings. The molecule has 25 nitrogen and oxygen atoms in total. The Hall–Kier alpha value is -10.0. The van der Waals surface area contributed by atoms with Crippen LogP contribution in [0.5, 0.6) is 17.6 Å². The second-order valence-electron chi connectivity index (χ2n) is 26.9. The number of halogens is 5. The maximum atomic E-state index is 17.0. The summed E-state index contributed by atoms with van der Waals surface area (Å²) in [4.78, 5) is 55.9. The highest BCUT2D eigenvalue weighted by molar-refractivity contribution is 7.90. The van der Waals surface area contributed by atoms with E-state index in [2.05, 4.69) is 44.8 Å². The molecule has 101 heavy (non-hydrogen) atoms. The molecule has 0 saturated carbocycles. The fraction of sp³-hybridized carbons (Fsp3) is 0.353. The molecule has 33 heteroatoms. The fourth-order valence-corrected chi connectivity index (χ4v) is 15.6. The highest BCUT2D eigenvalue weighted by atomic mass is 32.2. The fourth-order valence-electron chi connectivity index (χ4n) is 12.8. The van der Waals surface area contributed by atoms with Crippen LogP contribution in [0.2, 0.25) is 0 Å². The molecule has 4 unspecified atom stereocenters. The Morgan fingerprint density at radius 2 is 1.02 bits per heavy atom. The van der Waals surface area contributed by atoms with E-state index in [1.165, 1.54) is 65.5 Å². The first kappa shape index (κ1) is 70.8. The van der Waals surface area contributed by atoms with Crippen molar-refractivity contribution in [3.05, 3.63) is 173 Å². The normalized spacial score (nSPS) is 20.0. The molecular formula is C68H68F5N13O12S3. The maximum absolute atomic E-state index is 17.0. The number of pyridine rings is 3. The second-order valence-corrected chi connectivity index (χ2v) is 31.8. The average molecular weight is 1450 g/mol. The lowest BCUT2D eigenvalue weighted by molar-refractivity contribution is -0.119. The van der Waals surface area contributed by atoms with E-state index in [1.54, 1.807) is 71.9 Å². The second kappa shape index (κ2) is 26.8. The van der Waals surface area contributed by atoms with Crippen molar-refractivity contribution in [2.75, 3.05) is 19.8 Å². The number of hydrogen-bond acceptors (Lipinski definition) is 19. The lowest BCUT2D eigenvalue weighted by atomic mass is 9.83. The Kier molecular flexibility index (Phi) is 18.8. The van der Waals surface area contributed by atoms with Crippen molar-refractivity contribution in [2.45, 2.75) is 150 Å². The van der Waals surface area contributed by atoms with Crippen LogP contribution >= 0.6 is 0 Å². The quantitative estimate of drug-likeness (QED) is 0.113. The van der Waals surface area contributed by atoms with Gasteiger partial charge in [0.1, 0.15) is 30.3 Å². The smallest absolute Gasteiger partial charge is 0.286 e. The van der Waals surface area contributed by atoms with E-state index in [0.29, 0.717) is 22.3 Å². The van der Waals surface area contributed by atoms with E-state index in [4.69, 9.17) is 14.2 Å². The zero-order valence-corrected chi connectivity index (χ0v) is 58.1. The summed E-state index contributed by atoms with van der Waals surface area (Å²) in [5.41, 5.74) is -2.53. The predicted octanol–water partition coefficient (Wildman–Crippen LogP) is 9.33. The molecule has 530 valence electrons. The predicted molar refractivity (Wildman–Crippen MR) is 353 cm³/mol. The molecule has 0 fully saturated rings. The summed E-state index contributed by atoms with van der Waals surface area (Å²) >= 11 is 0. The van der Waals surface area contributed by atoms with Gasteiger partial charge in [-0.25, -0.2) is 59.5 Å². The molecular weight excluding hydrogens is 1380 g/mol. The van der Waals surface area contributed by atoms with Crippen molar-refractivity contribution < 1.29 is 75.8 Å². The third-order valence-corrected chi connectivity index (χ3v) is 22.3. The minimum atomic E-state index is -5.12. The van der Waals surface area contributed by atoms with E-state index < -0.39 is 158 Å². The summed E-state index contributed by atoms with van der Waals surface area (Å²) in [5.74, 6) is -12.0. The van der Waals surface area contributed by atoms with Gasteiger partial charge in [0, 0.05) is 54.1 Å². The number of fused-ring (bicyclic) bond motifs is 18. The third-order valence-electron chi connectivity index (χ3n) is 18.5. The molecule has 12 rings (SSSR count). The van der Waals surface area contributed by atoms with Crippen molar-refractivity contribution in [1.82, 2.24) is 63.7 Å². The largest absolute Gasteiger partial charge is 0.475 e. The van der Waals surface area contributed by atoms with Crippen LogP contribution in [-0.2, 0) is 80.3 Å². The third kappa shape index (κ3) is 14.3. The zero-order valence-electron chi connectivity index (χ0n) is 55.7. The standard InChI is InChI=1S/C68H68F5N13O12S3/c1-37(2)46-25-51(69)63(72)61-41-15-20-76-59(23-41)98-36-68(8,85-33-53(71)65(80-85)101(94,95)83-56(89)28-49(46)61)18-13-39(4)47-26-52(70)64(73)62-42-16-21-75-58(24-42)97-35-67(7,84-32-43(30-77-84)99(90,91)81-55(88)29-50(47)62)17-12-38(3)44-10-9-11-45-40-14-19-74-57(22-40)96-34-66(5,6)86-78-31-60(79-86)100(92,93)82-54(87)27-48(44)45/h9-11,14-16,19-26,30-33,37-39H,12-13,17-18,27-29,34-36H2,1-8H3,(H,81,88)(H,82,87)(H,83,89). The summed E-state index contributed by atoms with van der Waals surface area (Å²) < 4.78 is 192. The van der Waals surface area contributed by atoms with Gasteiger partial charge in [-0.05, 0) is 157 Å². The molecule has 0 saturated heterocycles. The van der Waals surface area contributed by atoms with Crippen molar-refractivity contribution in [2.24, 2.45) is 0 Å². The first-order valence-corrected chi connectivity index (χ1v) is 36.4. The van der Waals surface area contributed by atoms with Gasteiger partial charge in [-0.3, -0.25) is 23.7 Å². The lowest BCUT2D eigenvalue weighted by Crippen LogP contribution is -2.38. The molecule has 6 aromatic heterocycles. The van der Waals surface area contributed by atoms with Gasteiger partial charge in [0.2, 0.25) is 45.4 Å². The van der Waals surface area contributed by atoms with E-state index in [-0.39, 0.29) is 95.5 Å². The average Bonchev–Trinajstić information content (AvgIpc) is 1.45. The number of benzene rings is 3. The van der Waals surface area contributed by atoms with Gasteiger partial charge >= 0.3 is 0 Å². The summed E-state index contributed by atoms with van der Waals surface area (Å²) in [6, 6.07) is 15.8. The Bertz CT molecular complexity index is 5190. The van der Waals surface area contributed by atoms with Crippen LogP contribution in [0.4, 0.5) is 22.0 Å². The number of rotatable bonds is 9. The SMILES string of the molecule is CC(C)c1cc(F)c(F)c2c1CC(=O)NS(=O)(=O)c1nn(cc1F)C(C)(CCC(C)c1cc(F)c(F)c3c1CC(=O)NS(=O)(=O)c1cnn(c1)C(C)(CCC(C)c1cccc4c1CC(=O)NS(=O)(=O)c1cnn(n1)C(C)(C)COc1cc-4ccn1)COc1cc-3ccn1)COc1cc-2ccn1. The Labute approximate surface area is 577 Å². The topological polar surface area (TPSA) is 322 Å². The number of aromatic nitrogens is 10. The molecule has 3 aliphatic heterocycles. The van der Waals surface area contributed by atoms with Crippen molar-refractivity contribution in [3.8, 4) is 51.0 Å². The Balaban J connectivity index is 0.859. The van der Waals surface area contributed by atoms with Gasteiger partial charge in [0.05, 0.1) is 48.9 Å². The van der Waals surface area contributed by atoms with Crippen LogP contribution in [0.25, 0.3) is 33.4 Å². The molecule has 9 heterocycles. The molecule has 12 bridgehead atoms. The minimum Gasteiger partial charge on any atom is -0.475 e. The lowest BCUT2D eigenvalue weighted by Gasteiger charge is -2.32. The molecule has 3 amide bonds. The maximum Gasteiger partial charge on any atom is 0.286 e. The zero-order chi connectivity index (χ0) is 72.5. The summed E-state index contributed by atoms with van der Waals surface area (Å²) in [6.07, 6.45) is 6.10. The van der Waals surface area contributed by atoms with Crippen molar-refractivity contribution in [1.29, 1.82) is 0 Å². The van der Waals surface area contributed by atoms with E-state index in [9.17, 15) is 39.6 Å². The molecule has 3 aliphatic rings. The number of hydrogen-bond donors (Lipinski definition) is 3. The highest BCUT2D eigenvalue weighted by Gasteiger charge is 2.39. The summed E-state index contributed by atoms with van der Waals surface area (Å²) in [6.45, 7) is 12.7. The van der Waals surface area contributed by atoms with Gasteiger partial charge in [0.15, 0.2) is 29.1 Å². The first-order valence-electron chi connectivity index (χ1n) is 31.9. The van der Waals surface area contributed by atoms with Crippen molar-refractivity contribution in [3.63, 3.8) is 0 Å². The highest BCUT2D eigenvalue weighted by Crippen LogP contribution is 2.43. The first-order chi connectivity index (χ1) is 47.6. The number of nitrogens with zero attached hydrogens (tertiary/aromatic N) is 10. The van der Waals surface area contributed by atoms with Crippen LogP contribution in [0, 0.1) is 29.1 Å². The van der Waals surface area contributed by atoms with Crippen LogP contribution < -0.4 is 28.4 Å². The Morgan fingerprint density at radius 1 is 0.525 bits per heavy atom. The van der Waals surface area contributed by atoms with E-state index in [0.717, 1.165) is 35.4 Å². The summed E-state index contributed by atoms with van der Waals surface area (Å²) in [7, 11) is -14.5. The number of amides is 3. The Morgan fingerprint density at radius 3 is 1.60 bits per heavy atom. The van der Waals surface area contributed by atoms with Crippen LogP contribution in [0.15, 0.2) is 125 Å². The van der Waals surface area contributed by atoms with Gasteiger partial charge < -0.3 is 14.2 Å². The molecule has 0 spiro atoms.